The van der Waals surface area contributed by atoms with Crippen LogP contribution in [0.4, 0.5) is 5.82 Å². The fourth-order valence-electron chi connectivity index (χ4n) is 5.43. The summed E-state index contributed by atoms with van der Waals surface area (Å²) in [5.74, 6) is 0.527. The van der Waals surface area contributed by atoms with Crippen molar-refractivity contribution in [3.8, 4) is 5.75 Å². The van der Waals surface area contributed by atoms with E-state index in [9.17, 15) is 5.11 Å². The molecule has 15 heteroatoms. The molecular weight excluding hydrogens is 646 g/mol. The number of nitrogens with one attached hydrogen (secondary N) is 1. The van der Waals surface area contributed by atoms with E-state index in [-0.39, 0.29) is 11.9 Å². The van der Waals surface area contributed by atoms with Crippen molar-refractivity contribution in [3.05, 3.63) is 53.5 Å². The van der Waals surface area contributed by atoms with Gasteiger partial charge < -0.3 is 48.3 Å². The number of anilines is 1. The number of ether oxygens (including phenoxy) is 8. The van der Waals surface area contributed by atoms with Gasteiger partial charge in [0.15, 0.2) is 17.7 Å². The second-order valence-electron chi connectivity index (χ2n) is 12.0. The lowest BCUT2D eigenvalue weighted by molar-refractivity contribution is -0.201. The summed E-state index contributed by atoms with van der Waals surface area (Å²) in [7, 11) is 0. The Morgan fingerprint density at radius 3 is 2.27 bits per heavy atom. The van der Waals surface area contributed by atoms with Gasteiger partial charge in [-0.05, 0) is 56.5 Å². The van der Waals surface area contributed by atoms with E-state index >= 15 is 0 Å². The first-order valence-electron chi connectivity index (χ1n) is 16.2. The Kier molecular flexibility index (Phi) is 13.4. The predicted octanol–water partition coefficient (Wildman–Crippen LogP) is 3.57. The lowest BCUT2D eigenvalue weighted by atomic mass is 10.1. The van der Waals surface area contributed by atoms with Gasteiger partial charge in [-0.3, -0.25) is 0 Å². The summed E-state index contributed by atoms with van der Waals surface area (Å²) in [5, 5.41) is 18.5. The molecule has 2 N–H and O–H groups in total. The Balaban J connectivity index is 0.993. The van der Waals surface area contributed by atoms with Gasteiger partial charge in [0, 0.05) is 6.54 Å². The average molecular weight is 692 g/mol. The van der Waals surface area contributed by atoms with E-state index < -0.39 is 30.3 Å². The lowest BCUT2D eigenvalue weighted by Crippen LogP contribution is -2.31. The standard InChI is InChI=1S/C33H46ClN5O9/c1-22(2)21-44-16-15-42-12-11-41-13-14-43-17-18-45-24-7-5-23(6-8-24)9-10-35-29-25-19-36-39(30(25)38-32(34)37-29)31-28-27(26(20-40)46-31)47-33(3,4)48-28/h5-8,19,26-28,31,40H,1,9-18,20-21H2,2-4H3,(H,35,37,38)/t26-,27-,28-,31-/m1/s1. The van der Waals surface area contributed by atoms with Crippen LogP contribution in [0.2, 0.25) is 5.28 Å². The minimum Gasteiger partial charge on any atom is -0.491 e. The molecule has 0 saturated carbocycles. The van der Waals surface area contributed by atoms with E-state index in [0.717, 1.165) is 23.3 Å². The van der Waals surface area contributed by atoms with Gasteiger partial charge in [0.05, 0.1) is 71.0 Å². The first-order chi connectivity index (χ1) is 23.2. The third-order valence-electron chi connectivity index (χ3n) is 7.56. The number of aliphatic hydroxyl groups is 1. The van der Waals surface area contributed by atoms with Crippen LogP contribution in [0.1, 0.15) is 32.6 Å². The molecule has 0 bridgehead atoms. The number of hydrogen-bond acceptors (Lipinski definition) is 13. The molecule has 2 aliphatic rings. The van der Waals surface area contributed by atoms with Crippen LogP contribution in [0.5, 0.6) is 5.75 Å². The number of halogens is 1. The van der Waals surface area contributed by atoms with Gasteiger partial charge in [-0.25, -0.2) is 4.68 Å². The highest BCUT2D eigenvalue weighted by Crippen LogP contribution is 2.43. The highest BCUT2D eigenvalue weighted by atomic mass is 35.5. The van der Waals surface area contributed by atoms with Gasteiger partial charge in [0.25, 0.3) is 0 Å². The van der Waals surface area contributed by atoms with Crippen LogP contribution in [0.25, 0.3) is 11.0 Å². The van der Waals surface area contributed by atoms with Crippen LogP contribution < -0.4 is 10.1 Å². The van der Waals surface area contributed by atoms with E-state index in [2.05, 4.69) is 27.0 Å². The zero-order valence-corrected chi connectivity index (χ0v) is 28.5. The quantitative estimate of drug-likeness (QED) is 0.0953. The molecule has 0 unspecified atom stereocenters. The van der Waals surface area contributed by atoms with Crippen molar-refractivity contribution in [2.45, 2.75) is 57.5 Å². The molecule has 3 aromatic rings. The molecule has 4 atom stereocenters. The van der Waals surface area contributed by atoms with Gasteiger partial charge in [0.1, 0.15) is 36.5 Å². The summed E-state index contributed by atoms with van der Waals surface area (Å²) in [6.07, 6.45) is 0.312. The van der Waals surface area contributed by atoms with Crippen molar-refractivity contribution in [3.63, 3.8) is 0 Å². The van der Waals surface area contributed by atoms with E-state index in [1.807, 2.05) is 45.0 Å². The fraction of sp³-hybridized carbons (Fsp3) is 0.606. The Hall–Kier alpha value is -2.92. The lowest BCUT2D eigenvalue weighted by Gasteiger charge is -2.23. The molecule has 4 heterocycles. The number of aliphatic hydroxyl groups excluding tert-OH is 1. The highest BCUT2D eigenvalue weighted by molar-refractivity contribution is 6.28. The van der Waals surface area contributed by atoms with Crippen LogP contribution in [0, 0.1) is 0 Å². The maximum atomic E-state index is 9.86. The minimum absolute atomic E-state index is 0.0727. The molecule has 5 rings (SSSR count). The Morgan fingerprint density at radius 1 is 0.958 bits per heavy atom. The summed E-state index contributed by atoms with van der Waals surface area (Å²) in [6.45, 7) is 14.3. The smallest absolute Gasteiger partial charge is 0.226 e. The predicted molar refractivity (Wildman–Crippen MR) is 177 cm³/mol. The van der Waals surface area contributed by atoms with Crippen molar-refractivity contribution >= 4 is 28.5 Å². The summed E-state index contributed by atoms with van der Waals surface area (Å²) < 4.78 is 47.5. The fourth-order valence-corrected chi connectivity index (χ4v) is 5.59. The van der Waals surface area contributed by atoms with Gasteiger partial charge in [-0.1, -0.05) is 24.3 Å². The van der Waals surface area contributed by atoms with Crippen LogP contribution in [0.3, 0.4) is 0 Å². The molecule has 1 aromatic carbocycles. The summed E-state index contributed by atoms with van der Waals surface area (Å²) in [5.41, 5.74) is 2.61. The number of rotatable bonds is 21. The van der Waals surface area contributed by atoms with E-state index in [0.29, 0.717) is 82.9 Å². The van der Waals surface area contributed by atoms with Crippen molar-refractivity contribution in [2.24, 2.45) is 0 Å². The van der Waals surface area contributed by atoms with Crippen LogP contribution >= 0.6 is 11.6 Å². The van der Waals surface area contributed by atoms with E-state index in [4.69, 9.17) is 49.5 Å². The average Bonchev–Trinajstić information content (AvgIpc) is 3.71. The van der Waals surface area contributed by atoms with Gasteiger partial charge >= 0.3 is 0 Å². The molecule has 48 heavy (non-hydrogen) atoms. The highest BCUT2D eigenvalue weighted by Gasteiger charge is 2.56. The zero-order valence-electron chi connectivity index (χ0n) is 27.8. The number of nitrogens with zero attached hydrogens (tertiary/aromatic N) is 4. The number of fused-ring (bicyclic) bond motifs is 2. The second kappa shape index (κ2) is 17.7. The minimum atomic E-state index is -0.806. The molecule has 0 aliphatic carbocycles. The van der Waals surface area contributed by atoms with E-state index in [1.165, 1.54) is 0 Å². The molecule has 14 nitrogen and oxygen atoms in total. The number of aromatic nitrogens is 4. The van der Waals surface area contributed by atoms with Crippen LogP contribution in [-0.2, 0) is 39.6 Å². The topological polar surface area (TPSA) is 150 Å². The number of benzene rings is 1. The molecule has 2 aromatic heterocycles. The molecule has 264 valence electrons. The van der Waals surface area contributed by atoms with Crippen molar-refractivity contribution in [2.75, 3.05) is 77.9 Å². The Morgan fingerprint density at radius 2 is 1.60 bits per heavy atom. The van der Waals surface area contributed by atoms with Gasteiger partial charge in [-0.15, -0.1) is 0 Å². The van der Waals surface area contributed by atoms with Gasteiger partial charge in [-0.2, -0.15) is 15.1 Å². The molecule has 2 aliphatic heterocycles. The summed E-state index contributed by atoms with van der Waals surface area (Å²) in [4.78, 5) is 8.82. The first kappa shape index (κ1) is 36.4. The summed E-state index contributed by atoms with van der Waals surface area (Å²) in [6, 6.07) is 7.93. The van der Waals surface area contributed by atoms with Crippen LogP contribution in [0.15, 0.2) is 42.6 Å². The normalized spacial score (nSPS) is 21.5. The first-order valence-corrected chi connectivity index (χ1v) is 16.6. The van der Waals surface area contributed by atoms with Crippen molar-refractivity contribution < 1.29 is 43.0 Å². The van der Waals surface area contributed by atoms with Crippen molar-refractivity contribution in [1.29, 1.82) is 0 Å². The molecule has 0 radical (unpaired) electrons. The summed E-state index contributed by atoms with van der Waals surface area (Å²) >= 11 is 6.33. The Labute approximate surface area is 285 Å². The third kappa shape index (κ3) is 10.1. The molecule has 2 fully saturated rings. The zero-order chi connectivity index (χ0) is 33.9. The maximum Gasteiger partial charge on any atom is 0.226 e. The van der Waals surface area contributed by atoms with Gasteiger partial charge in [0.2, 0.25) is 5.28 Å². The monoisotopic (exact) mass is 691 g/mol. The SMILES string of the molecule is C=C(C)COCCOCCOCCOCCOc1ccc(CCNc2nc(Cl)nc3c2cnn3[C@@H]2O[C@H](CO)[C@H]3OC(C)(C)O[C@H]32)cc1. The largest absolute Gasteiger partial charge is 0.491 e. The maximum absolute atomic E-state index is 9.86. The number of hydrogen-bond donors (Lipinski definition) is 2. The molecule has 0 amide bonds. The molecule has 0 spiro atoms. The second-order valence-corrected chi connectivity index (χ2v) is 12.3. The van der Waals surface area contributed by atoms with E-state index in [1.54, 1.807) is 10.9 Å². The molecule has 2 saturated heterocycles. The van der Waals surface area contributed by atoms with Crippen LogP contribution in [-0.4, -0.2) is 122 Å². The molecular formula is C33H46ClN5O9. The van der Waals surface area contributed by atoms with Crippen molar-refractivity contribution in [1.82, 2.24) is 19.7 Å². The Bertz CT molecular complexity index is 1460. The third-order valence-corrected chi connectivity index (χ3v) is 7.73.